The average molecular weight is 260 g/mol. The van der Waals surface area contributed by atoms with E-state index in [2.05, 4.69) is 10.6 Å². The summed E-state index contributed by atoms with van der Waals surface area (Å²) in [6, 6.07) is 8.50. The zero-order valence-corrected chi connectivity index (χ0v) is 10.9. The Balaban J connectivity index is 2.52. The minimum absolute atomic E-state index is 0.135. The standard InChI is InChI=1S/C13H16N4O2/c1-10(18)15-6-7-16-13(19)17(2)12-5-3-4-11(8-12)9-14/h3-5,8H,6-7H2,1-2H3,(H,15,18)(H,16,19). The van der Waals surface area contributed by atoms with E-state index in [1.807, 2.05) is 6.07 Å². The first-order chi connectivity index (χ1) is 9.04. The van der Waals surface area contributed by atoms with Gasteiger partial charge in [-0.3, -0.25) is 9.69 Å². The van der Waals surface area contributed by atoms with Gasteiger partial charge in [0.25, 0.3) is 0 Å². The first kappa shape index (κ1) is 14.5. The van der Waals surface area contributed by atoms with Gasteiger partial charge in [0.15, 0.2) is 0 Å². The molecule has 2 N–H and O–H groups in total. The van der Waals surface area contributed by atoms with Gasteiger partial charge in [0, 0.05) is 32.7 Å². The van der Waals surface area contributed by atoms with Crippen LogP contribution >= 0.6 is 0 Å². The van der Waals surface area contributed by atoms with Gasteiger partial charge in [-0.15, -0.1) is 0 Å². The van der Waals surface area contributed by atoms with Gasteiger partial charge in [0.05, 0.1) is 11.6 Å². The molecule has 0 spiro atoms. The molecule has 0 bridgehead atoms. The molecule has 0 fully saturated rings. The Morgan fingerprint density at radius 1 is 1.32 bits per heavy atom. The summed E-state index contributed by atoms with van der Waals surface area (Å²) in [6.45, 7) is 2.15. The molecule has 0 saturated heterocycles. The number of carbonyl (C=O) groups excluding carboxylic acids is 2. The number of carbonyl (C=O) groups is 2. The fraction of sp³-hybridized carbons (Fsp3) is 0.308. The smallest absolute Gasteiger partial charge is 0.321 e. The van der Waals surface area contributed by atoms with Gasteiger partial charge in [0.1, 0.15) is 0 Å². The molecular weight excluding hydrogens is 244 g/mol. The molecule has 0 atom stereocenters. The van der Waals surface area contributed by atoms with E-state index in [0.717, 1.165) is 0 Å². The van der Waals surface area contributed by atoms with E-state index in [1.54, 1.807) is 31.3 Å². The Kier molecular flexibility index (Phi) is 5.35. The molecule has 0 aliphatic rings. The molecule has 0 aliphatic heterocycles. The second-order valence-corrected chi connectivity index (χ2v) is 3.94. The summed E-state index contributed by atoms with van der Waals surface area (Å²) in [7, 11) is 1.62. The molecule has 3 amide bonds. The Hall–Kier alpha value is -2.55. The van der Waals surface area contributed by atoms with Crippen molar-refractivity contribution in [2.24, 2.45) is 0 Å². The number of hydrogen-bond donors (Lipinski definition) is 2. The summed E-state index contributed by atoms with van der Waals surface area (Å²) in [5.41, 5.74) is 1.13. The van der Waals surface area contributed by atoms with E-state index >= 15 is 0 Å². The lowest BCUT2D eigenvalue weighted by Gasteiger charge is -2.18. The molecule has 0 radical (unpaired) electrons. The number of hydrogen-bond acceptors (Lipinski definition) is 3. The monoisotopic (exact) mass is 260 g/mol. The number of rotatable bonds is 4. The average Bonchev–Trinajstić information content (AvgIpc) is 2.42. The Bertz CT molecular complexity index is 508. The molecule has 6 nitrogen and oxygen atoms in total. The van der Waals surface area contributed by atoms with Crippen molar-refractivity contribution >= 4 is 17.6 Å². The minimum Gasteiger partial charge on any atom is -0.355 e. The zero-order chi connectivity index (χ0) is 14.3. The first-order valence-corrected chi connectivity index (χ1v) is 5.80. The largest absolute Gasteiger partial charge is 0.355 e. The van der Waals surface area contributed by atoms with Crippen molar-refractivity contribution in [3.8, 4) is 6.07 Å². The zero-order valence-electron chi connectivity index (χ0n) is 10.9. The molecule has 0 saturated carbocycles. The van der Waals surface area contributed by atoms with Crippen molar-refractivity contribution in [1.82, 2.24) is 10.6 Å². The van der Waals surface area contributed by atoms with Crippen molar-refractivity contribution < 1.29 is 9.59 Å². The molecule has 1 rings (SSSR count). The maximum atomic E-state index is 11.8. The maximum absolute atomic E-state index is 11.8. The van der Waals surface area contributed by atoms with Crippen LogP contribution in [0.15, 0.2) is 24.3 Å². The van der Waals surface area contributed by atoms with Crippen LogP contribution in [0.1, 0.15) is 12.5 Å². The van der Waals surface area contributed by atoms with Gasteiger partial charge in [-0.05, 0) is 18.2 Å². The Labute approximate surface area is 112 Å². The lowest BCUT2D eigenvalue weighted by molar-refractivity contribution is -0.118. The Morgan fingerprint density at radius 3 is 2.63 bits per heavy atom. The van der Waals surface area contributed by atoms with E-state index in [1.165, 1.54) is 11.8 Å². The minimum atomic E-state index is -0.291. The van der Waals surface area contributed by atoms with Gasteiger partial charge < -0.3 is 10.6 Å². The predicted octanol–water partition coefficient (Wildman–Crippen LogP) is 0.840. The number of nitrogens with one attached hydrogen (secondary N) is 2. The third kappa shape index (κ3) is 4.68. The molecule has 0 unspecified atom stereocenters. The van der Waals surface area contributed by atoms with E-state index in [-0.39, 0.29) is 11.9 Å². The molecule has 19 heavy (non-hydrogen) atoms. The topological polar surface area (TPSA) is 85.2 Å². The highest BCUT2D eigenvalue weighted by atomic mass is 16.2. The number of anilines is 1. The highest BCUT2D eigenvalue weighted by Gasteiger charge is 2.10. The Morgan fingerprint density at radius 2 is 2.00 bits per heavy atom. The van der Waals surface area contributed by atoms with Crippen molar-refractivity contribution in [2.75, 3.05) is 25.0 Å². The van der Waals surface area contributed by atoms with E-state index in [4.69, 9.17) is 5.26 Å². The van der Waals surface area contributed by atoms with Crippen LogP contribution in [0, 0.1) is 11.3 Å². The molecule has 0 heterocycles. The van der Waals surface area contributed by atoms with Crippen LogP contribution in [-0.4, -0.2) is 32.1 Å². The SMILES string of the molecule is CC(=O)NCCNC(=O)N(C)c1cccc(C#N)c1. The molecule has 1 aromatic carbocycles. The van der Waals surface area contributed by atoms with E-state index in [9.17, 15) is 9.59 Å². The lowest BCUT2D eigenvalue weighted by Crippen LogP contribution is -2.41. The first-order valence-electron chi connectivity index (χ1n) is 5.80. The third-order valence-corrected chi connectivity index (χ3v) is 2.44. The van der Waals surface area contributed by atoms with Gasteiger partial charge in [0.2, 0.25) is 5.91 Å². The molecule has 6 heteroatoms. The van der Waals surface area contributed by atoms with Crippen LogP contribution in [0.4, 0.5) is 10.5 Å². The predicted molar refractivity (Wildman–Crippen MR) is 71.6 cm³/mol. The molecule has 0 aliphatic carbocycles. The van der Waals surface area contributed by atoms with Crippen molar-refractivity contribution in [3.63, 3.8) is 0 Å². The summed E-state index contributed by atoms with van der Waals surface area (Å²) in [4.78, 5) is 23.9. The van der Waals surface area contributed by atoms with Crippen LogP contribution in [0.5, 0.6) is 0 Å². The molecule has 100 valence electrons. The number of nitriles is 1. The normalized spacial score (nSPS) is 9.32. The summed E-state index contributed by atoms with van der Waals surface area (Å²) in [5.74, 6) is -0.135. The lowest BCUT2D eigenvalue weighted by atomic mass is 10.2. The third-order valence-electron chi connectivity index (χ3n) is 2.44. The second-order valence-electron chi connectivity index (χ2n) is 3.94. The highest BCUT2D eigenvalue weighted by molar-refractivity contribution is 5.91. The van der Waals surface area contributed by atoms with Gasteiger partial charge in [-0.25, -0.2) is 4.79 Å². The van der Waals surface area contributed by atoms with Crippen molar-refractivity contribution in [3.05, 3.63) is 29.8 Å². The number of amides is 3. The van der Waals surface area contributed by atoms with Crippen LogP contribution in [0.2, 0.25) is 0 Å². The maximum Gasteiger partial charge on any atom is 0.321 e. The number of benzene rings is 1. The quantitative estimate of drug-likeness (QED) is 0.787. The molecule has 0 aromatic heterocycles. The van der Waals surface area contributed by atoms with E-state index < -0.39 is 0 Å². The van der Waals surface area contributed by atoms with Gasteiger partial charge >= 0.3 is 6.03 Å². The van der Waals surface area contributed by atoms with Crippen molar-refractivity contribution in [2.45, 2.75) is 6.92 Å². The fourth-order valence-corrected chi connectivity index (χ4v) is 1.43. The summed E-state index contributed by atoms with van der Waals surface area (Å²) in [6.07, 6.45) is 0. The van der Waals surface area contributed by atoms with E-state index in [0.29, 0.717) is 24.3 Å². The summed E-state index contributed by atoms with van der Waals surface area (Å²) < 4.78 is 0. The number of urea groups is 1. The summed E-state index contributed by atoms with van der Waals surface area (Å²) >= 11 is 0. The van der Waals surface area contributed by atoms with Gasteiger partial charge in [-0.1, -0.05) is 6.07 Å². The highest BCUT2D eigenvalue weighted by Crippen LogP contribution is 2.14. The molecular formula is C13H16N4O2. The van der Waals surface area contributed by atoms with Crippen LogP contribution < -0.4 is 15.5 Å². The van der Waals surface area contributed by atoms with Crippen molar-refractivity contribution in [1.29, 1.82) is 5.26 Å². The summed E-state index contributed by atoms with van der Waals surface area (Å²) in [5, 5.41) is 14.0. The fourth-order valence-electron chi connectivity index (χ4n) is 1.43. The van der Waals surface area contributed by atoms with Crippen LogP contribution in [0.3, 0.4) is 0 Å². The van der Waals surface area contributed by atoms with Gasteiger partial charge in [-0.2, -0.15) is 5.26 Å². The van der Waals surface area contributed by atoms with Crippen LogP contribution in [0.25, 0.3) is 0 Å². The molecule has 1 aromatic rings. The van der Waals surface area contributed by atoms with Crippen LogP contribution in [-0.2, 0) is 4.79 Å². The number of nitrogens with zero attached hydrogens (tertiary/aromatic N) is 2. The second kappa shape index (κ2) is 7.01.